The Morgan fingerprint density at radius 1 is 0.722 bits per heavy atom. The first-order valence-corrected chi connectivity index (χ1v) is 12.1. The van der Waals surface area contributed by atoms with Crippen LogP contribution in [0, 0.1) is 11.8 Å². The molecule has 36 heavy (non-hydrogen) atoms. The maximum absolute atomic E-state index is 13.8. The Labute approximate surface area is 199 Å². The van der Waals surface area contributed by atoms with E-state index in [1.165, 1.54) is 0 Å². The van der Waals surface area contributed by atoms with E-state index in [-0.39, 0.29) is 6.54 Å². The quantitative estimate of drug-likeness (QED) is 0.202. The second-order valence-electron chi connectivity index (χ2n) is 8.58. The standard InChI is InChI=1S/C18H27F13N2O2S/c1-33(2)8-5-7-32-36(34,35)9-4-3-6-12(15(20,21)22)10-13(16(23,24)25)11-14(19,17(26,27)28)18(29,30)31/h12-13,32H,3-11H2,1-2H3. The van der Waals surface area contributed by atoms with Gasteiger partial charge in [0, 0.05) is 13.0 Å². The number of sulfonamides is 1. The summed E-state index contributed by atoms with van der Waals surface area (Å²) in [5.74, 6) is -7.69. The highest BCUT2D eigenvalue weighted by molar-refractivity contribution is 7.89. The van der Waals surface area contributed by atoms with Gasteiger partial charge in [-0.3, -0.25) is 0 Å². The number of unbranched alkanes of at least 4 members (excludes halogenated alkanes) is 1. The predicted octanol–water partition coefficient (Wildman–Crippen LogP) is 6.00. The lowest BCUT2D eigenvalue weighted by molar-refractivity contribution is -0.353. The van der Waals surface area contributed by atoms with Crippen LogP contribution in [0.15, 0.2) is 0 Å². The number of halogens is 13. The number of hydrogen-bond donors (Lipinski definition) is 1. The predicted molar refractivity (Wildman–Crippen MR) is 103 cm³/mol. The molecule has 2 atom stereocenters. The van der Waals surface area contributed by atoms with Gasteiger partial charge in [0.2, 0.25) is 10.0 Å². The number of rotatable bonds is 14. The van der Waals surface area contributed by atoms with Crippen molar-refractivity contribution in [1.29, 1.82) is 0 Å². The fourth-order valence-corrected chi connectivity index (χ4v) is 4.38. The summed E-state index contributed by atoms with van der Waals surface area (Å²) in [5, 5.41) is 0. The number of nitrogens with zero attached hydrogens (tertiary/aromatic N) is 1. The van der Waals surface area contributed by atoms with Gasteiger partial charge in [-0.1, -0.05) is 6.42 Å². The Morgan fingerprint density at radius 3 is 1.58 bits per heavy atom. The Kier molecular flexibility index (Phi) is 12.3. The minimum atomic E-state index is -6.86. The van der Waals surface area contributed by atoms with Gasteiger partial charge in [0.15, 0.2) is 0 Å². The molecule has 0 rings (SSSR count). The van der Waals surface area contributed by atoms with Crippen LogP contribution in [0.4, 0.5) is 57.1 Å². The molecular formula is C18H27F13N2O2S. The van der Waals surface area contributed by atoms with Crippen LogP contribution in [0.5, 0.6) is 0 Å². The molecule has 0 aliphatic rings. The third-order valence-corrected chi connectivity index (χ3v) is 6.71. The van der Waals surface area contributed by atoms with Gasteiger partial charge in [0.25, 0.3) is 5.67 Å². The number of nitrogens with one attached hydrogen (secondary N) is 1. The van der Waals surface area contributed by atoms with Gasteiger partial charge >= 0.3 is 24.7 Å². The molecule has 0 fully saturated rings. The van der Waals surface area contributed by atoms with Gasteiger partial charge in [-0.25, -0.2) is 17.5 Å². The first-order chi connectivity index (χ1) is 15.8. The van der Waals surface area contributed by atoms with Crippen LogP contribution < -0.4 is 4.72 Å². The van der Waals surface area contributed by atoms with E-state index in [0.29, 0.717) is 13.0 Å². The van der Waals surface area contributed by atoms with Gasteiger partial charge in [-0.05, 0) is 46.3 Å². The van der Waals surface area contributed by atoms with Crippen molar-refractivity contribution in [2.45, 2.75) is 68.9 Å². The monoisotopic (exact) mass is 582 g/mol. The van der Waals surface area contributed by atoms with Gasteiger partial charge < -0.3 is 4.90 Å². The van der Waals surface area contributed by atoms with Crippen LogP contribution in [-0.4, -0.2) is 76.6 Å². The second-order valence-corrected chi connectivity index (χ2v) is 10.5. The topological polar surface area (TPSA) is 49.4 Å². The SMILES string of the molecule is CN(C)CCCNS(=O)(=O)CCCCC(CC(CC(F)(C(F)(F)F)C(F)(F)F)C(F)(F)F)C(F)(F)F. The lowest BCUT2D eigenvalue weighted by Crippen LogP contribution is -2.55. The van der Waals surface area contributed by atoms with Gasteiger partial charge in [-0.15, -0.1) is 0 Å². The Balaban J connectivity index is 5.40. The van der Waals surface area contributed by atoms with E-state index < -0.39 is 90.1 Å². The molecule has 0 aromatic heterocycles. The van der Waals surface area contributed by atoms with E-state index in [1.54, 1.807) is 19.0 Å². The van der Waals surface area contributed by atoms with Crippen molar-refractivity contribution in [3.63, 3.8) is 0 Å². The Bertz CT molecular complexity index is 745. The molecule has 0 aliphatic heterocycles. The summed E-state index contributed by atoms with van der Waals surface area (Å²) in [6, 6.07) is 0. The van der Waals surface area contributed by atoms with Crippen molar-refractivity contribution in [2.75, 3.05) is 32.9 Å². The van der Waals surface area contributed by atoms with Gasteiger partial charge in [0.1, 0.15) is 0 Å². The fourth-order valence-electron chi connectivity index (χ4n) is 3.20. The highest BCUT2D eigenvalue weighted by atomic mass is 32.2. The van der Waals surface area contributed by atoms with Crippen LogP contribution in [0.2, 0.25) is 0 Å². The van der Waals surface area contributed by atoms with E-state index in [2.05, 4.69) is 4.72 Å². The zero-order valence-corrected chi connectivity index (χ0v) is 19.9. The maximum Gasteiger partial charge on any atom is 0.431 e. The van der Waals surface area contributed by atoms with Crippen molar-refractivity contribution in [3.8, 4) is 0 Å². The Hall–Kier alpha value is -1.04. The van der Waals surface area contributed by atoms with E-state index in [9.17, 15) is 65.5 Å². The highest BCUT2D eigenvalue weighted by Gasteiger charge is 2.74. The average molecular weight is 582 g/mol. The van der Waals surface area contributed by atoms with Gasteiger partial charge in [-0.2, -0.15) is 52.7 Å². The van der Waals surface area contributed by atoms with Crippen molar-refractivity contribution in [3.05, 3.63) is 0 Å². The molecule has 0 saturated heterocycles. The number of hydrogen-bond acceptors (Lipinski definition) is 3. The molecule has 0 heterocycles. The molecule has 218 valence electrons. The second kappa shape index (κ2) is 12.7. The summed E-state index contributed by atoms with van der Waals surface area (Å²) < 4.78 is 195. The smallest absolute Gasteiger partial charge is 0.309 e. The molecule has 0 amide bonds. The Morgan fingerprint density at radius 2 is 1.19 bits per heavy atom. The molecule has 1 N–H and O–H groups in total. The molecule has 18 heteroatoms. The fraction of sp³-hybridized carbons (Fsp3) is 1.00. The molecule has 0 aliphatic carbocycles. The summed E-state index contributed by atoms with van der Waals surface area (Å²) in [5.41, 5.74) is -6.39. The zero-order valence-electron chi connectivity index (χ0n) is 19.1. The third kappa shape index (κ3) is 11.6. The van der Waals surface area contributed by atoms with Crippen LogP contribution in [0.3, 0.4) is 0 Å². The average Bonchev–Trinajstić information content (AvgIpc) is 2.62. The van der Waals surface area contributed by atoms with E-state index in [0.717, 1.165) is 0 Å². The highest BCUT2D eigenvalue weighted by Crippen LogP contribution is 2.53. The summed E-state index contributed by atoms with van der Waals surface area (Å²) in [6.07, 6.45) is -32.8. The molecule has 2 unspecified atom stereocenters. The normalized spacial score (nSPS) is 16.4. The molecule has 4 nitrogen and oxygen atoms in total. The molecular weight excluding hydrogens is 555 g/mol. The summed E-state index contributed by atoms with van der Waals surface area (Å²) >= 11 is 0. The summed E-state index contributed by atoms with van der Waals surface area (Å²) in [6.45, 7) is 0.515. The number of alkyl halides is 13. The first-order valence-electron chi connectivity index (χ1n) is 10.4. The summed E-state index contributed by atoms with van der Waals surface area (Å²) in [4.78, 5) is 1.75. The minimum absolute atomic E-state index is 0.00233. The van der Waals surface area contributed by atoms with E-state index >= 15 is 0 Å². The van der Waals surface area contributed by atoms with Crippen LogP contribution in [0.25, 0.3) is 0 Å². The minimum Gasteiger partial charge on any atom is -0.309 e. The van der Waals surface area contributed by atoms with Crippen molar-refractivity contribution in [2.24, 2.45) is 11.8 Å². The largest absolute Gasteiger partial charge is 0.431 e. The van der Waals surface area contributed by atoms with E-state index in [4.69, 9.17) is 0 Å². The molecule has 0 aromatic rings. The van der Waals surface area contributed by atoms with Crippen LogP contribution in [-0.2, 0) is 10.0 Å². The lowest BCUT2D eigenvalue weighted by Gasteiger charge is -2.35. The molecule has 0 bridgehead atoms. The van der Waals surface area contributed by atoms with E-state index in [1.807, 2.05) is 0 Å². The van der Waals surface area contributed by atoms with Crippen LogP contribution in [0.1, 0.15) is 38.5 Å². The summed E-state index contributed by atoms with van der Waals surface area (Å²) in [7, 11) is -0.511. The third-order valence-electron chi connectivity index (χ3n) is 5.24. The molecule has 0 spiro atoms. The van der Waals surface area contributed by atoms with Gasteiger partial charge in [0.05, 0.1) is 17.6 Å². The van der Waals surface area contributed by atoms with Crippen molar-refractivity contribution in [1.82, 2.24) is 9.62 Å². The maximum atomic E-state index is 13.8. The van der Waals surface area contributed by atoms with Crippen molar-refractivity contribution >= 4 is 10.0 Å². The van der Waals surface area contributed by atoms with Crippen LogP contribution >= 0.6 is 0 Å². The first kappa shape index (κ1) is 35.0. The lowest BCUT2D eigenvalue weighted by atomic mass is 9.82. The molecule has 0 radical (unpaired) electrons. The van der Waals surface area contributed by atoms with Crippen molar-refractivity contribution < 1.29 is 65.5 Å². The zero-order chi connectivity index (χ0) is 28.8. The molecule has 0 aromatic carbocycles. The molecule has 0 saturated carbocycles.